The Hall–Kier alpha value is -2.85. The minimum Gasteiger partial charge on any atom is -0.320 e. The predicted molar refractivity (Wildman–Crippen MR) is 125 cm³/mol. The van der Waals surface area contributed by atoms with Gasteiger partial charge in [-0.3, -0.25) is 4.98 Å². The third kappa shape index (κ3) is 4.91. The second kappa shape index (κ2) is 9.56. The fraction of sp³-hybridized carbons (Fsp3) is 0.462. The van der Waals surface area contributed by atoms with E-state index in [2.05, 4.69) is 39.7 Å². The van der Waals surface area contributed by atoms with Gasteiger partial charge >= 0.3 is 6.18 Å². The average Bonchev–Trinajstić information content (AvgIpc) is 3.04. The molecule has 3 heterocycles. The summed E-state index contributed by atoms with van der Waals surface area (Å²) in [7, 11) is 0. The number of nitrogens with one attached hydrogen (secondary N) is 1. The number of fused-ring (bicyclic) bond motifs is 1. The van der Waals surface area contributed by atoms with Crippen LogP contribution in [0.4, 0.5) is 13.2 Å². The number of hydrogen-bond donors (Lipinski definition) is 1. The van der Waals surface area contributed by atoms with Gasteiger partial charge in [-0.2, -0.15) is 13.2 Å². The van der Waals surface area contributed by atoms with Gasteiger partial charge in [0.25, 0.3) is 0 Å². The first kappa shape index (κ1) is 23.3. The minimum atomic E-state index is -4.27. The monoisotopic (exact) mass is 454 g/mol. The van der Waals surface area contributed by atoms with Crippen LogP contribution >= 0.6 is 0 Å². The molecule has 1 saturated carbocycles. The maximum absolute atomic E-state index is 12.8. The molecular weight excluding hydrogens is 425 g/mol. The van der Waals surface area contributed by atoms with Gasteiger partial charge in [0.2, 0.25) is 0 Å². The van der Waals surface area contributed by atoms with Crippen molar-refractivity contribution in [3.63, 3.8) is 0 Å². The summed E-state index contributed by atoms with van der Waals surface area (Å²) < 4.78 is 40.7. The van der Waals surface area contributed by atoms with Gasteiger partial charge in [-0.05, 0) is 62.8 Å². The van der Waals surface area contributed by atoms with Gasteiger partial charge in [0.05, 0.1) is 17.0 Å². The third-order valence-electron chi connectivity index (χ3n) is 6.18. The standard InChI is InChI=1S/C26H29F3N4/c1-4-5-6-10-21-22-13-17(2)14-32-25(22)33(20-8-7-9-20)24(21)23-12-11-19(16-31-23)15-30-18(3)26(27,28)29/h11-14,16,18,20,30H,4-5,7-9,15H2,1-3H3. The summed E-state index contributed by atoms with van der Waals surface area (Å²) in [5.74, 6) is 6.67. The summed E-state index contributed by atoms with van der Waals surface area (Å²) in [6, 6.07) is 4.64. The van der Waals surface area contributed by atoms with Crippen LogP contribution in [-0.4, -0.2) is 26.8 Å². The minimum absolute atomic E-state index is 0.101. The molecule has 0 spiro atoms. The molecular formula is C26H29F3N4. The fourth-order valence-corrected chi connectivity index (χ4v) is 4.00. The molecule has 0 bridgehead atoms. The molecule has 1 aliphatic rings. The van der Waals surface area contributed by atoms with Crippen molar-refractivity contribution in [1.82, 2.24) is 19.9 Å². The molecule has 4 nitrogen and oxygen atoms in total. The quantitative estimate of drug-likeness (QED) is 0.443. The summed E-state index contributed by atoms with van der Waals surface area (Å²) in [5.41, 5.74) is 5.36. The molecule has 0 aromatic carbocycles. The summed E-state index contributed by atoms with van der Waals surface area (Å²) >= 11 is 0. The molecule has 3 aromatic rings. The van der Waals surface area contributed by atoms with Crippen molar-refractivity contribution in [3.8, 4) is 23.2 Å². The summed E-state index contributed by atoms with van der Waals surface area (Å²) in [6.45, 7) is 5.35. The van der Waals surface area contributed by atoms with Gasteiger partial charge in [-0.15, -0.1) is 0 Å². The Kier molecular flexibility index (Phi) is 6.76. The second-order valence-electron chi connectivity index (χ2n) is 8.81. The molecule has 1 unspecified atom stereocenters. The number of aryl methyl sites for hydroxylation is 1. The van der Waals surface area contributed by atoms with Crippen LogP contribution in [0.5, 0.6) is 0 Å². The highest BCUT2D eigenvalue weighted by Crippen LogP contribution is 2.41. The molecule has 7 heteroatoms. The molecule has 0 radical (unpaired) electrons. The maximum Gasteiger partial charge on any atom is 0.403 e. The number of aromatic nitrogens is 3. The molecule has 0 aliphatic heterocycles. The molecule has 1 aliphatic carbocycles. The summed E-state index contributed by atoms with van der Waals surface area (Å²) in [5, 5.41) is 3.55. The zero-order valence-electron chi connectivity index (χ0n) is 19.3. The highest BCUT2D eigenvalue weighted by Gasteiger charge is 2.35. The van der Waals surface area contributed by atoms with Crippen LogP contribution in [0.3, 0.4) is 0 Å². The van der Waals surface area contributed by atoms with Crippen LogP contribution in [0, 0.1) is 18.8 Å². The number of hydrogen-bond acceptors (Lipinski definition) is 3. The highest BCUT2D eigenvalue weighted by molar-refractivity contribution is 5.92. The lowest BCUT2D eigenvalue weighted by atomic mass is 9.92. The molecule has 0 saturated heterocycles. The molecule has 1 atom stereocenters. The molecule has 174 valence electrons. The molecule has 3 aromatic heterocycles. The lowest BCUT2D eigenvalue weighted by molar-refractivity contribution is -0.151. The Morgan fingerprint density at radius 1 is 1.21 bits per heavy atom. The van der Waals surface area contributed by atoms with E-state index in [9.17, 15) is 13.2 Å². The average molecular weight is 455 g/mol. The van der Waals surface area contributed by atoms with E-state index in [1.807, 2.05) is 25.3 Å². The van der Waals surface area contributed by atoms with Crippen molar-refractivity contribution in [2.45, 2.75) is 77.7 Å². The van der Waals surface area contributed by atoms with Gasteiger partial charge in [0, 0.05) is 36.8 Å². The highest BCUT2D eigenvalue weighted by atomic mass is 19.4. The molecule has 1 fully saturated rings. The van der Waals surface area contributed by atoms with E-state index in [4.69, 9.17) is 4.98 Å². The van der Waals surface area contributed by atoms with Gasteiger partial charge in [-0.1, -0.05) is 24.8 Å². The van der Waals surface area contributed by atoms with Crippen LogP contribution in [0.25, 0.3) is 22.4 Å². The van der Waals surface area contributed by atoms with Crippen LogP contribution in [0.2, 0.25) is 0 Å². The van der Waals surface area contributed by atoms with E-state index in [0.717, 1.165) is 66.2 Å². The van der Waals surface area contributed by atoms with Gasteiger partial charge in [-0.25, -0.2) is 4.98 Å². The zero-order valence-corrected chi connectivity index (χ0v) is 19.3. The molecule has 4 rings (SSSR count). The van der Waals surface area contributed by atoms with Crippen LogP contribution in [-0.2, 0) is 6.54 Å². The number of alkyl halides is 3. The number of nitrogens with zero attached hydrogens (tertiary/aromatic N) is 3. The Bertz CT molecular complexity index is 1180. The SMILES string of the molecule is CCCC#Cc1c(-c2ccc(CNC(C)C(F)(F)F)cn2)n(C2CCC2)c2ncc(C)cc12. The lowest BCUT2D eigenvalue weighted by Gasteiger charge is -2.29. The van der Waals surface area contributed by atoms with E-state index in [0.29, 0.717) is 11.6 Å². The smallest absolute Gasteiger partial charge is 0.320 e. The zero-order chi connectivity index (χ0) is 23.6. The third-order valence-corrected chi connectivity index (χ3v) is 6.18. The second-order valence-corrected chi connectivity index (χ2v) is 8.81. The van der Waals surface area contributed by atoms with E-state index in [1.165, 1.54) is 6.42 Å². The van der Waals surface area contributed by atoms with E-state index in [1.54, 1.807) is 6.20 Å². The first-order valence-electron chi connectivity index (χ1n) is 11.5. The first-order chi connectivity index (χ1) is 15.8. The number of unbranched alkanes of at least 4 members (excludes halogenated alkanes) is 1. The normalized spacial score (nSPS) is 15.2. The topological polar surface area (TPSA) is 42.7 Å². The van der Waals surface area contributed by atoms with Crippen molar-refractivity contribution < 1.29 is 13.2 Å². The van der Waals surface area contributed by atoms with Crippen molar-refractivity contribution in [3.05, 3.63) is 47.3 Å². The molecule has 0 amide bonds. The van der Waals surface area contributed by atoms with Gasteiger partial charge < -0.3 is 9.88 Å². The van der Waals surface area contributed by atoms with Gasteiger partial charge in [0.1, 0.15) is 11.7 Å². The van der Waals surface area contributed by atoms with Gasteiger partial charge in [0.15, 0.2) is 0 Å². The van der Waals surface area contributed by atoms with E-state index >= 15 is 0 Å². The predicted octanol–water partition coefficient (Wildman–Crippen LogP) is 6.32. The Morgan fingerprint density at radius 2 is 2.00 bits per heavy atom. The van der Waals surface area contributed by atoms with Crippen molar-refractivity contribution in [1.29, 1.82) is 0 Å². The molecule has 1 N–H and O–H groups in total. The lowest BCUT2D eigenvalue weighted by Crippen LogP contribution is -2.39. The Morgan fingerprint density at radius 3 is 2.61 bits per heavy atom. The van der Waals surface area contributed by atoms with Crippen LogP contribution < -0.4 is 5.32 Å². The molecule has 33 heavy (non-hydrogen) atoms. The summed E-state index contributed by atoms with van der Waals surface area (Å²) in [4.78, 5) is 9.42. The number of pyridine rings is 2. The Balaban J connectivity index is 1.76. The van der Waals surface area contributed by atoms with Crippen LogP contribution in [0.15, 0.2) is 30.6 Å². The first-order valence-corrected chi connectivity index (χ1v) is 11.5. The largest absolute Gasteiger partial charge is 0.403 e. The van der Waals surface area contributed by atoms with Crippen molar-refractivity contribution in [2.75, 3.05) is 0 Å². The number of rotatable bonds is 6. The van der Waals surface area contributed by atoms with E-state index in [-0.39, 0.29) is 6.54 Å². The van der Waals surface area contributed by atoms with Crippen LogP contribution in [0.1, 0.15) is 68.7 Å². The number of halogens is 3. The maximum atomic E-state index is 12.8. The summed E-state index contributed by atoms with van der Waals surface area (Å²) in [6.07, 6.45) is 4.42. The van der Waals surface area contributed by atoms with E-state index < -0.39 is 12.2 Å². The Labute approximate surface area is 192 Å². The van der Waals surface area contributed by atoms with Crippen molar-refractivity contribution in [2.24, 2.45) is 0 Å². The van der Waals surface area contributed by atoms with Crippen molar-refractivity contribution >= 4 is 11.0 Å². The fourth-order valence-electron chi connectivity index (χ4n) is 4.00.